The molecule has 2 heteroatoms. The number of nitrogens with zero attached hydrogens (tertiary/aromatic N) is 1. The highest BCUT2D eigenvalue weighted by Gasteiger charge is 2.33. The van der Waals surface area contributed by atoms with Crippen LogP contribution < -0.4 is 0 Å². The second-order valence-electron chi connectivity index (χ2n) is 7.18. The summed E-state index contributed by atoms with van der Waals surface area (Å²) >= 11 is 0. The van der Waals surface area contributed by atoms with Gasteiger partial charge < -0.3 is 4.90 Å². The van der Waals surface area contributed by atoms with Gasteiger partial charge in [-0.15, -0.1) is 0 Å². The number of aryl methyl sites for hydroxylation is 2. The molecule has 21 heavy (non-hydrogen) atoms. The number of benzene rings is 1. The van der Waals surface area contributed by atoms with Crippen LogP contribution in [0, 0.1) is 11.8 Å². The van der Waals surface area contributed by atoms with Gasteiger partial charge in [0.2, 0.25) is 0 Å². The van der Waals surface area contributed by atoms with E-state index in [2.05, 4.69) is 23.1 Å². The summed E-state index contributed by atoms with van der Waals surface area (Å²) in [6.45, 7) is 1.97. The number of amides is 1. The summed E-state index contributed by atoms with van der Waals surface area (Å²) in [5, 5.41) is 0. The highest BCUT2D eigenvalue weighted by molar-refractivity contribution is 5.94. The van der Waals surface area contributed by atoms with Crippen LogP contribution in [0.4, 0.5) is 0 Å². The molecule has 2 atom stereocenters. The van der Waals surface area contributed by atoms with Gasteiger partial charge in [-0.25, -0.2) is 0 Å². The number of fused-ring (bicyclic) bond motifs is 2. The van der Waals surface area contributed by atoms with Crippen LogP contribution in [0.3, 0.4) is 0 Å². The highest BCUT2D eigenvalue weighted by Crippen LogP contribution is 2.36. The summed E-state index contributed by atoms with van der Waals surface area (Å²) in [5.74, 6) is 1.93. The Hall–Kier alpha value is -1.31. The first-order chi connectivity index (χ1) is 10.3. The smallest absolute Gasteiger partial charge is 0.253 e. The Labute approximate surface area is 127 Å². The first kappa shape index (κ1) is 13.4. The van der Waals surface area contributed by atoms with Gasteiger partial charge in [0.1, 0.15) is 0 Å². The number of hydrogen-bond acceptors (Lipinski definition) is 1. The van der Waals surface area contributed by atoms with Crippen molar-refractivity contribution in [3.05, 3.63) is 34.9 Å². The number of carbonyl (C=O) groups excluding carboxylic acids is 1. The summed E-state index contributed by atoms with van der Waals surface area (Å²) in [6.07, 6.45) is 10.3. The monoisotopic (exact) mass is 283 g/mol. The molecule has 0 unspecified atom stereocenters. The summed E-state index contributed by atoms with van der Waals surface area (Å²) < 4.78 is 0. The number of hydrogen-bond donors (Lipinski definition) is 0. The summed E-state index contributed by atoms with van der Waals surface area (Å²) in [7, 11) is 0. The lowest BCUT2D eigenvalue weighted by Gasteiger charge is -2.41. The molecule has 1 saturated carbocycles. The van der Waals surface area contributed by atoms with E-state index >= 15 is 0 Å². The van der Waals surface area contributed by atoms with E-state index in [9.17, 15) is 4.79 Å². The lowest BCUT2D eigenvalue weighted by molar-refractivity contribution is 0.0521. The molecule has 3 aliphatic rings. The van der Waals surface area contributed by atoms with Crippen LogP contribution in [0.5, 0.6) is 0 Å². The van der Waals surface area contributed by atoms with Crippen LogP contribution in [0.2, 0.25) is 0 Å². The highest BCUT2D eigenvalue weighted by atomic mass is 16.2. The third-order valence-electron chi connectivity index (χ3n) is 5.92. The van der Waals surface area contributed by atoms with Crippen molar-refractivity contribution in [3.8, 4) is 0 Å². The predicted molar refractivity (Wildman–Crippen MR) is 84.4 cm³/mol. The molecule has 0 radical (unpaired) electrons. The number of rotatable bonds is 1. The molecule has 0 aromatic heterocycles. The van der Waals surface area contributed by atoms with E-state index in [1.165, 1.54) is 56.1 Å². The van der Waals surface area contributed by atoms with Gasteiger partial charge in [-0.2, -0.15) is 0 Å². The van der Waals surface area contributed by atoms with Crippen LogP contribution in [0.15, 0.2) is 18.2 Å². The molecule has 112 valence electrons. The maximum atomic E-state index is 12.8. The normalized spacial score (nSPS) is 28.1. The van der Waals surface area contributed by atoms with Gasteiger partial charge in [0, 0.05) is 18.7 Å². The molecule has 0 bridgehead atoms. The van der Waals surface area contributed by atoms with Crippen LogP contribution in [-0.4, -0.2) is 23.9 Å². The largest absolute Gasteiger partial charge is 0.338 e. The standard InChI is InChI=1S/C19H25NO/c21-19(17-9-8-14-6-3-7-16(14)12-17)20-11-10-15-4-1-2-5-18(15)13-20/h8-9,12,15,18H,1-7,10-11,13H2/t15-,18-/m1/s1. The molecule has 4 rings (SSSR count). The van der Waals surface area contributed by atoms with E-state index in [0.717, 1.165) is 36.9 Å². The third kappa shape index (κ3) is 2.49. The lowest BCUT2D eigenvalue weighted by Crippen LogP contribution is -2.44. The van der Waals surface area contributed by atoms with Gasteiger partial charge in [0.05, 0.1) is 0 Å². The summed E-state index contributed by atoms with van der Waals surface area (Å²) in [4.78, 5) is 14.9. The van der Waals surface area contributed by atoms with Gasteiger partial charge in [-0.1, -0.05) is 25.3 Å². The molecular formula is C19H25NO. The minimum Gasteiger partial charge on any atom is -0.338 e. The molecule has 1 heterocycles. The van der Waals surface area contributed by atoms with Crippen molar-refractivity contribution in [1.82, 2.24) is 4.90 Å². The SMILES string of the molecule is O=C(c1ccc2c(c1)CCC2)N1CC[C@H]2CCCC[C@@H]2C1. The summed E-state index contributed by atoms with van der Waals surface area (Å²) in [6, 6.07) is 6.40. The first-order valence-corrected chi connectivity index (χ1v) is 8.72. The molecule has 1 amide bonds. The average Bonchev–Trinajstić information content (AvgIpc) is 3.01. The van der Waals surface area contributed by atoms with Crippen molar-refractivity contribution in [3.63, 3.8) is 0 Å². The maximum absolute atomic E-state index is 12.8. The van der Waals surface area contributed by atoms with Crippen molar-refractivity contribution in [2.75, 3.05) is 13.1 Å². The first-order valence-electron chi connectivity index (χ1n) is 8.72. The van der Waals surface area contributed by atoms with Crippen molar-refractivity contribution in [2.24, 2.45) is 11.8 Å². The second-order valence-corrected chi connectivity index (χ2v) is 7.18. The Morgan fingerprint density at radius 2 is 1.76 bits per heavy atom. The van der Waals surface area contributed by atoms with Crippen LogP contribution in [-0.2, 0) is 12.8 Å². The molecule has 1 saturated heterocycles. The van der Waals surface area contributed by atoms with Crippen molar-refractivity contribution < 1.29 is 4.79 Å². The molecule has 0 N–H and O–H groups in total. The van der Waals surface area contributed by atoms with Crippen LogP contribution in [0.1, 0.15) is 60.0 Å². The van der Waals surface area contributed by atoms with Gasteiger partial charge >= 0.3 is 0 Å². The molecule has 1 aromatic carbocycles. The fraction of sp³-hybridized carbons (Fsp3) is 0.632. The molecular weight excluding hydrogens is 258 g/mol. The minimum absolute atomic E-state index is 0.272. The van der Waals surface area contributed by atoms with E-state index in [1.54, 1.807) is 0 Å². The third-order valence-corrected chi connectivity index (χ3v) is 5.92. The molecule has 2 aliphatic carbocycles. The lowest BCUT2D eigenvalue weighted by atomic mass is 9.75. The zero-order valence-corrected chi connectivity index (χ0v) is 12.8. The topological polar surface area (TPSA) is 20.3 Å². The van der Waals surface area contributed by atoms with Crippen molar-refractivity contribution in [1.29, 1.82) is 0 Å². The van der Waals surface area contributed by atoms with Gasteiger partial charge in [0.25, 0.3) is 5.91 Å². The van der Waals surface area contributed by atoms with Crippen LogP contribution in [0.25, 0.3) is 0 Å². The van der Waals surface area contributed by atoms with E-state index in [0.29, 0.717) is 0 Å². The fourth-order valence-electron chi connectivity index (χ4n) is 4.67. The van der Waals surface area contributed by atoms with Crippen molar-refractivity contribution in [2.45, 2.75) is 51.4 Å². The van der Waals surface area contributed by atoms with E-state index in [-0.39, 0.29) is 5.91 Å². The number of piperidine rings is 1. The zero-order valence-electron chi connectivity index (χ0n) is 12.8. The second kappa shape index (κ2) is 5.47. The summed E-state index contributed by atoms with van der Waals surface area (Å²) in [5.41, 5.74) is 3.79. The van der Waals surface area contributed by atoms with Crippen molar-refractivity contribution >= 4 is 5.91 Å². The average molecular weight is 283 g/mol. The van der Waals surface area contributed by atoms with E-state index in [4.69, 9.17) is 0 Å². The van der Waals surface area contributed by atoms with E-state index < -0.39 is 0 Å². The molecule has 0 spiro atoms. The number of likely N-dealkylation sites (tertiary alicyclic amines) is 1. The Bertz CT molecular complexity index is 550. The van der Waals surface area contributed by atoms with E-state index in [1.807, 2.05) is 0 Å². The molecule has 1 aromatic rings. The molecule has 1 aliphatic heterocycles. The number of carbonyl (C=O) groups is 1. The Morgan fingerprint density at radius 3 is 2.67 bits per heavy atom. The zero-order chi connectivity index (χ0) is 14.2. The predicted octanol–water partition coefficient (Wildman–Crippen LogP) is 3.83. The minimum atomic E-state index is 0.272. The Kier molecular flexibility index (Phi) is 3.48. The van der Waals surface area contributed by atoms with Gasteiger partial charge in [-0.3, -0.25) is 4.79 Å². The molecule has 2 nitrogen and oxygen atoms in total. The Balaban J connectivity index is 1.49. The quantitative estimate of drug-likeness (QED) is 0.767. The van der Waals surface area contributed by atoms with Crippen LogP contribution >= 0.6 is 0 Å². The maximum Gasteiger partial charge on any atom is 0.253 e. The Morgan fingerprint density at radius 1 is 0.952 bits per heavy atom. The molecule has 2 fully saturated rings. The van der Waals surface area contributed by atoms with Gasteiger partial charge in [-0.05, 0) is 67.2 Å². The van der Waals surface area contributed by atoms with Gasteiger partial charge in [0.15, 0.2) is 0 Å². The fourth-order valence-corrected chi connectivity index (χ4v) is 4.67.